The van der Waals surface area contributed by atoms with Gasteiger partial charge in [0.1, 0.15) is 10.1 Å². The van der Waals surface area contributed by atoms with Crippen molar-refractivity contribution < 1.29 is 57.2 Å². The van der Waals surface area contributed by atoms with Crippen LogP contribution in [0.25, 0.3) is 17.2 Å². The average Bonchev–Trinajstić information content (AvgIpc) is 2.84. The second kappa shape index (κ2) is 11.3. The van der Waals surface area contributed by atoms with Crippen LogP contribution < -0.4 is 39.4 Å². The molecule has 4 rings (SSSR count). The minimum Gasteiger partial charge on any atom is -0.744 e. The Kier molecular flexibility index (Phi) is 8.70. The third-order valence-electron chi connectivity index (χ3n) is 6.15. The molecule has 0 unspecified atom stereocenters. The number of hydrogen-bond acceptors (Lipinski definition) is 7. The van der Waals surface area contributed by atoms with Crippen LogP contribution in [0.4, 0.5) is 11.4 Å². The van der Waals surface area contributed by atoms with Gasteiger partial charge in [0.05, 0.1) is 10.5 Å². The first kappa shape index (κ1) is 29.3. The predicted octanol–water partition coefficient (Wildman–Crippen LogP) is 0.980. The number of aromatic carboxylic acids is 1. The number of carboxylic acid groups (broad SMARTS) is 1. The number of carbonyl (C=O) groups excluding carboxylic acids is 1. The molecule has 1 aliphatic rings. The minimum absolute atomic E-state index is 0. The van der Waals surface area contributed by atoms with E-state index in [9.17, 15) is 27.7 Å². The summed E-state index contributed by atoms with van der Waals surface area (Å²) >= 11 is 0. The van der Waals surface area contributed by atoms with E-state index in [4.69, 9.17) is 0 Å². The smallest absolute Gasteiger partial charge is 0.744 e. The van der Waals surface area contributed by atoms with Gasteiger partial charge in [0.15, 0.2) is 5.78 Å². The van der Waals surface area contributed by atoms with E-state index in [-0.39, 0.29) is 51.8 Å². The standard InChI is InChI=1S/C28H26N2O6S.Na/c1-29(2)21-10-5-17(6-11-21)25(18-7-12-22(13-8-18)30(3)4)27-23(31)14-9-19-15-20(28(32)33)16-24(26(19)27)37(34,35)36;/h5-16H,1-4H3,(H,32,33)(H,34,35,36);/q;+1/p-1. The van der Waals surface area contributed by atoms with Gasteiger partial charge in [0.2, 0.25) is 0 Å². The summed E-state index contributed by atoms with van der Waals surface area (Å²) in [6, 6.07) is 16.8. The molecule has 1 N–H and O–H groups in total. The van der Waals surface area contributed by atoms with Crippen molar-refractivity contribution >= 4 is 50.5 Å². The Morgan fingerprint density at radius 1 is 0.789 bits per heavy atom. The summed E-state index contributed by atoms with van der Waals surface area (Å²) in [4.78, 5) is 28.2. The first-order valence-corrected chi connectivity index (χ1v) is 12.7. The molecule has 0 fully saturated rings. The number of rotatable bonds is 6. The van der Waals surface area contributed by atoms with Gasteiger partial charge in [-0.05, 0) is 59.2 Å². The maximum atomic E-state index is 13.4. The van der Waals surface area contributed by atoms with E-state index < -0.39 is 26.8 Å². The molecule has 0 atom stereocenters. The number of carbonyl (C=O) groups is 2. The van der Waals surface area contributed by atoms with Crippen LogP contribution in [0.15, 0.2) is 71.6 Å². The third-order valence-corrected chi connectivity index (χ3v) is 7.02. The van der Waals surface area contributed by atoms with Crippen LogP contribution in [0.2, 0.25) is 0 Å². The summed E-state index contributed by atoms with van der Waals surface area (Å²) in [5, 5.41) is 9.49. The molecule has 0 spiro atoms. The maximum Gasteiger partial charge on any atom is 1.00 e. The van der Waals surface area contributed by atoms with Gasteiger partial charge in [0, 0.05) is 56.3 Å². The van der Waals surface area contributed by atoms with Crippen molar-refractivity contribution in [3.05, 3.63) is 94.6 Å². The first-order valence-electron chi connectivity index (χ1n) is 11.3. The molecule has 0 radical (unpaired) electrons. The number of carboxylic acids is 1. The molecule has 3 aromatic carbocycles. The predicted molar refractivity (Wildman–Crippen MR) is 143 cm³/mol. The van der Waals surface area contributed by atoms with Gasteiger partial charge in [0.25, 0.3) is 0 Å². The van der Waals surface area contributed by atoms with E-state index in [0.717, 1.165) is 17.4 Å². The monoisotopic (exact) mass is 540 g/mol. The zero-order chi connectivity index (χ0) is 27.1. The molecular weight excluding hydrogens is 515 g/mol. The molecule has 1 aliphatic carbocycles. The Balaban J connectivity index is 0.00000400. The number of allylic oxidation sites excluding steroid dienone is 2. The fourth-order valence-corrected chi connectivity index (χ4v) is 5.03. The molecule has 190 valence electrons. The topological polar surface area (TPSA) is 118 Å². The van der Waals surface area contributed by atoms with E-state index in [1.165, 1.54) is 18.2 Å². The number of nitrogens with zero attached hydrogens (tertiary/aromatic N) is 2. The van der Waals surface area contributed by atoms with E-state index in [1.807, 2.05) is 86.5 Å². The third kappa shape index (κ3) is 5.77. The van der Waals surface area contributed by atoms with Crippen LogP contribution >= 0.6 is 0 Å². The molecule has 8 nitrogen and oxygen atoms in total. The van der Waals surface area contributed by atoms with Crippen LogP contribution in [-0.4, -0.2) is 58.0 Å². The van der Waals surface area contributed by atoms with Gasteiger partial charge in [-0.15, -0.1) is 0 Å². The van der Waals surface area contributed by atoms with E-state index >= 15 is 0 Å². The van der Waals surface area contributed by atoms with E-state index in [1.54, 1.807) is 0 Å². The molecule has 0 aromatic heterocycles. The summed E-state index contributed by atoms with van der Waals surface area (Å²) in [6.45, 7) is 0. The zero-order valence-corrected chi connectivity index (χ0v) is 24.5. The maximum absolute atomic E-state index is 13.4. The van der Waals surface area contributed by atoms with Crippen LogP contribution in [-0.2, 0) is 14.9 Å². The Hall–Kier alpha value is -3.21. The summed E-state index contributed by atoms with van der Waals surface area (Å²) in [6.07, 6.45) is 2.59. The molecule has 0 heterocycles. The summed E-state index contributed by atoms with van der Waals surface area (Å²) in [7, 11) is 2.44. The molecule has 0 saturated carbocycles. The van der Waals surface area contributed by atoms with Crippen LogP contribution in [0.3, 0.4) is 0 Å². The summed E-state index contributed by atoms with van der Waals surface area (Å²) in [5.74, 6) is -1.88. The minimum atomic E-state index is -5.14. The second-order valence-electron chi connectivity index (χ2n) is 9.03. The Bertz CT molecular complexity index is 1520. The number of hydrogen-bond donors (Lipinski definition) is 1. The van der Waals surface area contributed by atoms with Crippen molar-refractivity contribution in [2.24, 2.45) is 0 Å². The van der Waals surface area contributed by atoms with Crippen molar-refractivity contribution in [1.82, 2.24) is 0 Å². The molecule has 10 heteroatoms. The van der Waals surface area contributed by atoms with Gasteiger partial charge in [-0.2, -0.15) is 0 Å². The number of ketones is 1. The van der Waals surface area contributed by atoms with Gasteiger partial charge in [-0.25, -0.2) is 13.2 Å². The Morgan fingerprint density at radius 3 is 1.66 bits per heavy atom. The largest absolute Gasteiger partial charge is 1.00 e. The van der Waals surface area contributed by atoms with Crippen LogP contribution in [0.1, 0.15) is 32.6 Å². The SMILES string of the molecule is CN(C)c1ccc(C(=C2C(=O)C=Cc3cc(C(=O)O)cc(S(=O)(=O)[O-])c32)c2ccc(N(C)C)cc2)cc1.[Na+]. The molecular formula is C28H25N2NaO6S. The number of fused-ring (bicyclic) bond motifs is 1. The van der Waals surface area contributed by atoms with Crippen LogP contribution in [0, 0.1) is 0 Å². The number of benzene rings is 3. The van der Waals surface area contributed by atoms with Gasteiger partial charge in [-0.3, -0.25) is 4.79 Å². The average molecular weight is 541 g/mol. The first-order chi connectivity index (χ1) is 17.4. The van der Waals surface area contributed by atoms with E-state index in [2.05, 4.69) is 0 Å². The van der Waals surface area contributed by atoms with E-state index in [0.29, 0.717) is 16.7 Å². The van der Waals surface area contributed by atoms with Gasteiger partial charge >= 0.3 is 35.5 Å². The van der Waals surface area contributed by atoms with Gasteiger partial charge in [-0.1, -0.05) is 30.3 Å². The van der Waals surface area contributed by atoms with Crippen molar-refractivity contribution in [1.29, 1.82) is 0 Å². The molecule has 0 amide bonds. The molecule has 3 aromatic rings. The molecule has 38 heavy (non-hydrogen) atoms. The van der Waals surface area contributed by atoms with Crippen molar-refractivity contribution in [3.63, 3.8) is 0 Å². The fourth-order valence-electron chi connectivity index (χ4n) is 4.28. The molecule has 0 bridgehead atoms. The summed E-state index contributed by atoms with van der Waals surface area (Å²) in [5.41, 5.74) is 3.23. The van der Waals surface area contributed by atoms with Crippen molar-refractivity contribution in [3.8, 4) is 0 Å². The van der Waals surface area contributed by atoms with Crippen molar-refractivity contribution in [2.45, 2.75) is 4.90 Å². The van der Waals surface area contributed by atoms with Crippen LogP contribution in [0.5, 0.6) is 0 Å². The Labute approximate surface area is 243 Å². The quantitative estimate of drug-likeness (QED) is 0.279. The summed E-state index contributed by atoms with van der Waals surface area (Å²) < 4.78 is 37.0. The molecule has 0 aliphatic heterocycles. The van der Waals surface area contributed by atoms with Crippen molar-refractivity contribution in [2.75, 3.05) is 38.0 Å². The fraction of sp³-hybridized carbons (Fsp3) is 0.143. The second-order valence-corrected chi connectivity index (χ2v) is 10.4. The van der Waals surface area contributed by atoms with Gasteiger partial charge < -0.3 is 19.5 Å². The zero-order valence-electron chi connectivity index (χ0n) is 21.7. The normalized spacial score (nSPS) is 12.4. The Morgan fingerprint density at radius 2 is 1.26 bits per heavy atom. The number of anilines is 2. The molecule has 0 saturated heterocycles.